The number of non-ortho nitro benzene ring substituents is 1. The zero-order valence-corrected chi connectivity index (χ0v) is 14.2. The van der Waals surface area contributed by atoms with Gasteiger partial charge in [-0.15, -0.1) is 0 Å². The SMILES string of the molecule is Cc1cc(C=Nc2ccc([N+](=O)[O-])cc2)c(C)n1C1CCCCC1. The van der Waals surface area contributed by atoms with Gasteiger partial charge in [-0.05, 0) is 44.9 Å². The van der Waals surface area contributed by atoms with E-state index < -0.39 is 4.92 Å². The van der Waals surface area contributed by atoms with Crippen LogP contribution in [0.1, 0.15) is 55.1 Å². The first-order valence-electron chi connectivity index (χ1n) is 8.53. The van der Waals surface area contributed by atoms with Crippen molar-refractivity contribution in [2.24, 2.45) is 4.99 Å². The Morgan fingerprint density at radius 1 is 1.17 bits per heavy atom. The third kappa shape index (κ3) is 3.40. The van der Waals surface area contributed by atoms with Gasteiger partial charge in [-0.2, -0.15) is 0 Å². The topological polar surface area (TPSA) is 60.4 Å². The molecule has 0 aliphatic heterocycles. The Balaban J connectivity index is 1.81. The summed E-state index contributed by atoms with van der Waals surface area (Å²) in [6.07, 6.45) is 8.36. The van der Waals surface area contributed by atoms with Crippen molar-refractivity contribution in [3.05, 3.63) is 57.4 Å². The highest BCUT2D eigenvalue weighted by Gasteiger charge is 2.19. The average molecular weight is 325 g/mol. The normalized spacial score (nSPS) is 15.9. The van der Waals surface area contributed by atoms with E-state index in [1.165, 1.54) is 55.6 Å². The van der Waals surface area contributed by atoms with Crippen LogP contribution >= 0.6 is 0 Å². The fourth-order valence-electron chi connectivity index (χ4n) is 3.64. The minimum Gasteiger partial charge on any atom is -0.345 e. The van der Waals surface area contributed by atoms with Crippen LogP contribution in [0.5, 0.6) is 0 Å². The third-order valence-corrected chi connectivity index (χ3v) is 4.88. The summed E-state index contributed by atoms with van der Waals surface area (Å²) in [6.45, 7) is 4.31. The monoisotopic (exact) mass is 325 g/mol. The fraction of sp³-hybridized carbons (Fsp3) is 0.421. The van der Waals surface area contributed by atoms with E-state index in [-0.39, 0.29) is 5.69 Å². The van der Waals surface area contributed by atoms with Crippen molar-refractivity contribution in [2.45, 2.75) is 52.0 Å². The number of nitrogens with zero attached hydrogens (tertiary/aromatic N) is 3. The zero-order valence-electron chi connectivity index (χ0n) is 14.2. The van der Waals surface area contributed by atoms with E-state index in [0.29, 0.717) is 6.04 Å². The molecule has 1 heterocycles. The summed E-state index contributed by atoms with van der Waals surface area (Å²) in [5.74, 6) is 0. The first kappa shape index (κ1) is 16.4. The van der Waals surface area contributed by atoms with Crippen molar-refractivity contribution in [3.63, 3.8) is 0 Å². The molecule has 0 amide bonds. The van der Waals surface area contributed by atoms with Gasteiger partial charge in [0.1, 0.15) is 0 Å². The molecule has 0 spiro atoms. The number of nitro benzene ring substituents is 1. The van der Waals surface area contributed by atoms with Gasteiger partial charge in [-0.3, -0.25) is 15.1 Å². The van der Waals surface area contributed by atoms with Gasteiger partial charge in [0.2, 0.25) is 0 Å². The van der Waals surface area contributed by atoms with Gasteiger partial charge < -0.3 is 4.57 Å². The van der Waals surface area contributed by atoms with Crippen LogP contribution in [-0.2, 0) is 0 Å². The Morgan fingerprint density at radius 2 is 1.83 bits per heavy atom. The lowest BCUT2D eigenvalue weighted by molar-refractivity contribution is -0.384. The summed E-state index contributed by atoms with van der Waals surface area (Å²) < 4.78 is 2.45. The Labute approximate surface area is 142 Å². The zero-order chi connectivity index (χ0) is 17.1. The lowest BCUT2D eigenvalue weighted by Crippen LogP contribution is -2.15. The second-order valence-electron chi connectivity index (χ2n) is 6.52. The molecule has 0 atom stereocenters. The highest BCUT2D eigenvalue weighted by molar-refractivity contribution is 5.84. The minimum absolute atomic E-state index is 0.0874. The maximum absolute atomic E-state index is 10.7. The molecule has 1 fully saturated rings. The fourth-order valence-corrected chi connectivity index (χ4v) is 3.64. The van der Waals surface area contributed by atoms with E-state index >= 15 is 0 Å². The number of aryl methyl sites for hydroxylation is 1. The molecule has 126 valence electrons. The lowest BCUT2D eigenvalue weighted by atomic mass is 9.95. The summed E-state index contributed by atoms with van der Waals surface area (Å²) >= 11 is 0. The first-order valence-corrected chi connectivity index (χ1v) is 8.53. The van der Waals surface area contributed by atoms with Gasteiger partial charge in [0.05, 0.1) is 10.6 Å². The van der Waals surface area contributed by atoms with Gasteiger partial charge in [-0.1, -0.05) is 19.3 Å². The Hall–Kier alpha value is -2.43. The largest absolute Gasteiger partial charge is 0.345 e. The number of nitro groups is 1. The third-order valence-electron chi connectivity index (χ3n) is 4.88. The Kier molecular flexibility index (Phi) is 4.79. The predicted molar refractivity (Wildman–Crippen MR) is 96.4 cm³/mol. The number of benzene rings is 1. The molecule has 24 heavy (non-hydrogen) atoms. The van der Waals surface area contributed by atoms with E-state index in [1.54, 1.807) is 12.1 Å². The van der Waals surface area contributed by atoms with Crippen LogP contribution in [0.4, 0.5) is 11.4 Å². The highest BCUT2D eigenvalue weighted by atomic mass is 16.6. The number of aromatic nitrogens is 1. The van der Waals surface area contributed by atoms with Gasteiger partial charge in [0, 0.05) is 41.3 Å². The van der Waals surface area contributed by atoms with Crippen molar-refractivity contribution < 1.29 is 4.92 Å². The molecule has 1 aliphatic rings. The van der Waals surface area contributed by atoms with Crippen LogP contribution in [0, 0.1) is 24.0 Å². The molecular weight excluding hydrogens is 302 g/mol. The van der Waals surface area contributed by atoms with Crippen LogP contribution in [0.2, 0.25) is 0 Å². The molecule has 0 bridgehead atoms. The molecule has 1 aromatic heterocycles. The average Bonchev–Trinajstić information content (AvgIpc) is 2.88. The second-order valence-corrected chi connectivity index (χ2v) is 6.52. The molecule has 0 saturated heterocycles. The number of aliphatic imine (C=N–C) groups is 1. The van der Waals surface area contributed by atoms with Crippen LogP contribution in [0.15, 0.2) is 35.3 Å². The maximum atomic E-state index is 10.7. The quantitative estimate of drug-likeness (QED) is 0.437. The van der Waals surface area contributed by atoms with Gasteiger partial charge in [-0.25, -0.2) is 0 Å². The van der Waals surface area contributed by atoms with Gasteiger partial charge in [0.15, 0.2) is 0 Å². The number of hydrogen-bond donors (Lipinski definition) is 0. The summed E-state index contributed by atoms with van der Waals surface area (Å²) in [5.41, 5.74) is 4.47. The van der Waals surface area contributed by atoms with E-state index in [2.05, 4.69) is 29.5 Å². The predicted octanol–water partition coefficient (Wildman–Crippen LogP) is 5.27. The molecule has 0 N–H and O–H groups in total. The molecule has 0 unspecified atom stereocenters. The molecule has 1 saturated carbocycles. The minimum atomic E-state index is -0.398. The maximum Gasteiger partial charge on any atom is 0.269 e. The van der Waals surface area contributed by atoms with Gasteiger partial charge in [0.25, 0.3) is 5.69 Å². The van der Waals surface area contributed by atoms with Crippen molar-refractivity contribution in [2.75, 3.05) is 0 Å². The van der Waals surface area contributed by atoms with E-state index in [1.807, 2.05) is 6.21 Å². The van der Waals surface area contributed by atoms with Crippen molar-refractivity contribution >= 4 is 17.6 Å². The summed E-state index contributed by atoms with van der Waals surface area (Å²) in [4.78, 5) is 14.8. The first-order chi connectivity index (χ1) is 11.6. The smallest absolute Gasteiger partial charge is 0.269 e. The van der Waals surface area contributed by atoms with Crippen molar-refractivity contribution in [3.8, 4) is 0 Å². The Bertz CT molecular complexity index is 754. The second kappa shape index (κ2) is 6.99. The summed E-state index contributed by atoms with van der Waals surface area (Å²) in [7, 11) is 0. The van der Waals surface area contributed by atoms with Crippen molar-refractivity contribution in [1.82, 2.24) is 4.57 Å². The molecule has 5 nitrogen and oxygen atoms in total. The molecular formula is C19H23N3O2. The van der Waals surface area contributed by atoms with Crippen LogP contribution in [0.25, 0.3) is 0 Å². The summed E-state index contributed by atoms with van der Waals surface area (Å²) in [6, 6.07) is 9.11. The van der Waals surface area contributed by atoms with Crippen LogP contribution in [0.3, 0.4) is 0 Å². The van der Waals surface area contributed by atoms with Crippen molar-refractivity contribution in [1.29, 1.82) is 0 Å². The lowest BCUT2D eigenvalue weighted by Gasteiger charge is -2.26. The summed E-state index contributed by atoms with van der Waals surface area (Å²) in [5, 5.41) is 10.7. The van der Waals surface area contributed by atoms with E-state index in [4.69, 9.17) is 0 Å². The van der Waals surface area contributed by atoms with E-state index in [9.17, 15) is 10.1 Å². The number of hydrogen-bond acceptors (Lipinski definition) is 3. The van der Waals surface area contributed by atoms with Gasteiger partial charge >= 0.3 is 0 Å². The standard InChI is InChI=1S/C19H23N3O2/c1-14-12-16(15(2)21(14)18-6-4-3-5-7-18)13-20-17-8-10-19(11-9-17)22(23)24/h8-13,18H,3-7H2,1-2H3. The molecule has 5 heteroatoms. The number of rotatable bonds is 4. The molecule has 2 aromatic rings. The molecule has 1 aliphatic carbocycles. The highest BCUT2D eigenvalue weighted by Crippen LogP contribution is 2.32. The van der Waals surface area contributed by atoms with Crippen LogP contribution < -0.4 is 0 Å². The molecule has 0 radical (unpaired) electrons. The molecule has 1 aromatic carbocycles. The Morgan fingerprint density at radius 3 is 2.46 bits per heavy atom. The van der Waals surface area contributed by atoms with E-state index in [0.717, 1.165) is 11.3 Å². The van der Waals surface area contributed by atoms with Crippen LogP contribution in [-0.4, -0.2) is 15.7 Å². The molecule has 3 rings (SSSR count).